The molecule has 5 nitrogen and oxygen atoms in total. The lowest BCUT2D eigenvalue weighted by Crippen LogP contribution is -2.33. The number of hydrogen-bond donors (Lipinski definition) is 0. The lowest BCUT2D eigenvalue weighted by atomic mass is 10.2. The fraction of sp³-hybridized carbons (Fsp3) is 0.471. The predicted molar refractivity (Wildman–Crippen MR) is 94.6 cm³/mol. The Morgan fingerprint density at radius 3 is 2.46 bits per heavy atom. The van der Waals surface area contributed by atoms with E-state index in [1.54, 1.807) is 34.1 Å². The van der Waals surface area contributed by atoms with Crippen LogP contribution in [0.15, 0.2) is 23.1 Å². The summed E-state index contributed by atoms with van der Waals surface area (Å²) in [5.74, 6) is 0. The zero-order valence-electron chi connectivity index (χ0n) is 14.4. The molecule has 7 heteroatoms. The predicted octanol–water partition coefficient (Wildman–Crippen LogP) is 3.35. The average Bonchev–Trinajstić information content (AvgIpc) is 3.27. The first-order valence-electron chi connectivity index (χ1n) is 7.99. The number of aromatic nitrogens is 2. The van der Waals surface area contributed by atoms with E-state index in [9.17, 15) is 8.42 Å². The monoisotopic (exact) mass is 367 g/mol. The van der Waals surface area contributed by atoms with Gasteiger partial charge in [0.1, 0.15) is 4.90 Å². The normalized spacial score (nSPS) is 15.2. The fourth-order valence-corrected chi connectivity index (χ4v) is 5.48. The van der Waals surface area contributed by atoms with Gasteiger partial charge in [-0.1, -0.05) is 23.7 Å². The van der Waals surface area contributed by atoms with Gasteiger partial charge < -0.3 is 0 Å². The minimum atomic E-state index is -3.66. The van der Waals surface area contributed by atoms with Crippen LogP contribution in [0.25, 0.3) is 0 Å². The van der Waals surface area contributed by atoms with Gasteiger partial charge in [0.25, 0.3) is 0 Å². The molecule has 24 heavy (non-hydrogen) atoms. The van der Waals surface area contributed by atoms with Crippen LogP contribution in [0.2, 0.25) is 5.02 Å². The first-order chi connectivity index (χ1) is 11.2. The van der Waals surface area contributed by atoms with Gasteiger partial charge in [-0.05, 0) is 45.2 Å². The molecule has 2 aromatic rings. The number of benzene rings is 1. The van der Waals surface area contributed by atoms with E-state index < -0.39 is 10.0 Å². The van der Waals surface area contributed by atoms with Gasteiger partial charge in [0.2, 0.25) is 10.0 Å². The van der Waals surface area contributed by atoms with Crippen LogP contribution in [-0.2, 0) is 23.6 Å². The third kappa shape index (κ3) is 2.98. The van der Waals surface area contributed by atoms with E-state index in [4.69, 9.17) is 11.6 Å². The molecule has 0 unspecified atom stereocenters. The zero-order chi connectivity index (χ0) is 17.6. The molecule has 1 aromatic heterocycles. The van der Waals surface area contributed by atoms with Crippen LogP contribution in [0.4, 0.5) is 0 Å². The Hall–Kier alpha value is -1.37. The molecular formula is C17H22ClN3O2S. The minimum absolute atomic E-state index is 0.0460. The van der Waals surface area contributed by atoms with E-state index in [2.05, 4.69) is 5.10 Å². The van der Waals surface area contributed by atoms with Gasteiger partial charge in [0.15, 0.2) is 0 Å². The maximum absolute atomic E-state index is 13.3. The van der Waals surface area contributed by atoms with Gasteiger partial charge >= 0.3 is 0 Å². The van der Waals surface area contributed by atoms with E-state index in [1.807, 2.05) is 20.9 Å². The molecule has 0 atom stereocenters. The van der Waals surface area contributed by atoms with Gasteiger partial charge in [-0.15, -0.1) is 0 Å². The molecule has 130 valence electrons. The molecular weight excluding hydrogens is 346 g/mol. The lowest BCUT2D eigenvalue weighted by Gasteiger charge is -2.24. The Morgan fingerprint density at radius 1 is 1.29 bits per heavy atom. The fourth-order valence-electron chi connectivity index (χ4n) is 3.04. The SMILES string of the molecule is Cc1cccc(Cl)c1S(=O)(=O)N(Cc1c(C)nn(C)c1C)C1CC1. The van der Waals surface area contributed by atoms with Crippen molar-refractivity contribution in [2.45, 2.75) is 51.1 Å². The smallest absolute Gasteiger partial charge is 0.245 e. The van der Waals surface area contributed by atoms with Crippen molar-refractivity contribution in [3.63, 3.8) is 0 Å². The Balaban J connectivity index is 2.05. The summed E-state index contributed by atoms with van der Waals surface area (Å²) in [6, 6.07) is 5.23. The van der Waals surface area contributed by atoms with Crippen LogP contribution < -0.4 is 0 Å². The molecule has 0 saturated heterocycles. The van der Waals surface area contributed by atoms with E-state index in [-0.39, 0.29) is 16.0 Å². The summed E-state index contributed by atoms with van der Waals surface area (Å²) in [5.41, 5.74) is 3.50. The van der Waals surface area contributed by atoms with Gasteiger partial charge in [0, 0.05) is 30.9 Å². The van der Waals surface area contributed by atoms with Crippen LogP contribution in [0.3, 0.4) is 0 Å². The Kier molecular flexibility index (Phi) is 4.49. The molecule has 3 rings (SSSR count). The minimum Gasteiger partial charge on any atom is -0.272 e. The molecule has 1 saturated carbocycles. The van der Waals surface area contributed by atoms with Gasteiger partial charge in [-0.2, -0.15) is 9.40 Å². The van der Waals surface area contributed by atoms with Crippen molar-refractivity contribution < 1.29 is 8.42 Å². The maximum atomic E-state index is 13.3. The number of hydrogen-bond acceptors (Lipinski definition) is 3. The lowest BCUT2D eigenvalue weighted by molar-refractivity contribution is 0.397. The molecule has 0 bridgehead atoms. The first kappa shape index (κ1) is 17.5. The number of rotatable bonds is 5. The highest BCUT2D eigenvalue weighted by atomic mass is 35.5. The molecule has 1 aromatic carbocycles. The molecule has 0 amide bonds. The largest absolute Gasteiger partial charge is 0.272 e. The highest BCUT2D eigenvalue weighted by Crippen LogP contribution is 2.37. The summed E-state index contributed by atoms with van der Waals surface area (Å²) in [4.78, 5) is 0.220. The standard InChI is InChI=1S/C17H22ClN3O2S/c1-11-6-5-7-16(18)17(11)24(22,23)21(14-8-9-14)10-15-12(2)19-20(4)13(15)3/h5-7,14H,8-10H2,1-4H3. The Bertz CT molecular complexity index is 865. The van der Waals surface area contributed by atoms with Gasteiger partial charge in [-0.25, -0.2) is 8.42 Å². The summed E-state index contributed by atoms with van der Waals surface area (Å²) >= 11 is 6.23. The summed E-state index contributed by atoms with van der Waals surface area (Å²) < 4.78 is 30.0. The first-order valence-corrected chi connectivity index (χ1v) is 9.81. The molecule has 0 spiro atoms. The van der Waals surface area contributed by atoms with E-state index in [0.29, 0.717) is 12.1 Å². The van der Waals surface area contributed by atoms with Crippen molar-refractivity contribution >= 4 is 21.6 Å². The van der Waals surface area contributed by atoms with Crippen molar-refractivity contribution in [2.24, 2.45) is 7.05 Å². The Morgan fingerprint density at radius 2 is 1.96 bits per heavy atom. The number of sulfonamides is 1. The molecule has 1 aliphatic carbocycles. The molecule has 0 radical (unpaired) electrons. The topological polar surface area (TPSA) is 55.2 Å². The van der Waals surface area contributed by atoms with E-state index in [0.717, 1.165) is 29.8 Å². The molecule has 1 aliphatic rings. The van der Waals surface area contributed by atoms with Crippen molar-refractivity contribution in [3.8, 4) is 0 Å². The Labute approximate surface area is 148 Å². The second-order valence-corrected chi connectivity index (χ2v) is 8.67. The number of halogens is 1. The molecule has 0 aliphatic heterocycles. The second-order valence-electron chi connectivity index (χ2n) is 6.44. The van der Waals surface area contributed by atoms with Gasteiger partial charge in [0.05, 0.1) is 10.7 Å². The summed E-state index contributed by atoms with van der Waals surface area (Å²) in [5, 5.41) is 4.68. The van der Waals surface area contributed by atoms with Crippen molar-refractivity contribution in [2.75, 3.05) is 0 Å². The third-order valence-electron chi connectivity index (χ3n) is 4.66. The maximum Gasteiger partial charge on any atom is 0.245 e. The molecule has 1 heterocycles. The third-order valence-corrected chi connectivity index (χ3v) is 7.19. The van der Waals surface area contributed by atoms with Crippen molar-refractivity contribution in [1.29, 1.82) is 0 Å². The average molecular weight is 368 g/mol. The van der Waals surface area contributed by atoms with Crippen LogP contribution in [0.1, 0.15) is 35.4 Å². The van der Waals surface area contributed by atoms with E-state index >= 15 is 0 Å². The van der Waals surface area contributed by atoms with Crippen molar-refractivity contribution in [3.05, 3.63) is 45.7 Å². The number of nitrogens with zero attached hydrogens (tertiary/aromatic N) is 3. The van der Waals surface area contributed by atoms with Crippen LogP contribution >= 0.6 is 11.6 Å². The quantitative estimate of drug-likeness (QED) is 0.814. The van der Waals surface area contributed by atoms with Gasteiger partial charge in [-0.3, -0.25) is 4.68 Å². The highest BCUT2D eigenvalue weighted by Gasteiger charge is 2.40. The molecule has 0 N–H and O–H groups in total. The van der Waals surface area contributed by atoms with Crippen LogP contribution in [0, 0.1) is 20.8 Å². The second kappa shape index (κ2) is 6.17. The number of aryl methyl sites for hydroxylation is 3. The van der Waals surface area contributed by atoms with E-state index in [1.165, 1.54) is 0 Å². The molecule has 1 fully saturated rings. The summed E-state index contributed by atoms with van der Waals surface area (Å²) in [7, 11) is -1.78. The van der Waals surface area contributed by atoms with Crippen LogP contribution in [0.5, 0.6) is 0 Å². The van der Waals surface area contributed by atoms with Crippen LogP contribution in [-0.4, -0.2) is 28.5 Å². The summed E-state index contributed by atoms with van der Waals surface area (Å²) in [6.45, 7) is 6.00. The zero-order valence-corrected chi connectivity index (χ0v) is 15.9. The van der Waals surface area contributed by atoms with Crippen molar-refractivity contribution in [1.82, 2.24) is 14.1 Å². The summed E-state index contributed by atoms with van der Waals surface area (Å²) in [6.07, 6.45) is 1.78. The highest BCUT2D eigenvalue weighted by molar-refractivity contribution is 7.89.